The second-order valence-electron chi connectivity index (χ2n) is 4.99. The van der Waals surface area contributed by atoms with Gasteiger partial charge in [0.15, 0.2) is 5.82 Å². The topological polar surface area (TPSA) is 60.0 Å². The van der Waals surface area contributed by atoms with Gasteiger partial charge in [-0.05, 0) is 29.8 Å². The average Bonchev–Trinajstić information content (AvgIpc) is 3.08. The van der Waals surface area contributed by atoms with Gasteiger partial charge < -0.3 is 9.47 Å². The number of H-pyrrole nitrogens is 1. The molecule has 0 saturated carbocycles. The van der Waals surface area contributed by atoms with E-state index in [1.54, 1.807) is 26.0 Å². The Labute approximate surface area is 152 Å². The van der Waals surface area contributed by atoms with Gasteiger partial charge in [0, 0.05) is 21.9 Å². The van der Waals surface area contributed by atoms with E-state index in [1.807, 2.05) is 30.3 Å². The fourth-order valence-electron chi connectivity index (χ4n) is 2.16. The molecule has 1 aromatic heterocycles. The molecule has 1 N–H and O–H groups in total. The zero-order valence-electron chi connectivity index (χ0n) is 13.2. The number of aromatic nitrogens is 3. The minimum atomic E-state index is 0.684. The van der Waals surface area contributed by atoms with Gasteiger partial charge in [0.25, 0.3) is 0 Å². The van der Waals surface area contributed by atoms with Crippen LogP contribution in [0.4, 0.5) is 0 Å². The van der Waals surface area contributed by atoms with E-state index >= 15 is 0 Å². The highest BCUT2D eigenvalue weighted by atomic mass is 79.9. The first kappa shape index (κ1) is 16.9. The second-order valence-corrected chi connectivity index (χ2v) is 6.84. The maximum atomic E-state index is 5.29. The summed E-state index contributed by atoms with van der Waals surface area (Å²) in [5.74, 6) is 2.91. The van der Waals surface area contributed by atoms with Crippen LogP contribution in [-0.4, -0.2) is 29.4 Å². The van der Waals surface area contributed by atoms with Crippen molar-refractivity contribution in [3.05, 3.63) is 52.5 Å². The predicted molar refractivity (Wildman–Crippen MR) is 98.6 cm³/mol. The van der Waals surface area contributed by atoms with Crippen molar-refractivity contribution in [2.24, 2.45) is 0 Å². The van der Waals surface area contributed by atoms with Crippen molar-refractivity contribution in [2.75, 3.05) is 14.2 Å². The third-order valence-electron chi connectivity index (χ3n) is 3.35. The third kappa shape index (κ3) is 4.10. The number of halogens is 1. The van der Waals surface area contributed by atoms with Crippen LogP contribution in [0.3, 0.4) is 0 Å². The molecule has 0 aliphatic rings. The lowest BCUT2D eigenvalue weighted by molar-refractivity contribution is 0.394. The molecule has 0 radical (unpaired) electrons. The van der Waals surface area contributed by atoms with Crippen LogP contribution in [0.1, 0.15) is 5.56 Å². The summed E-state index contributed by atoms with van der Waals surface area (Å²) in [6, 6.07) is 13.8. The molecule has 2 aromatic carbocycles. The van der Waals surface area contributed by atoms with Crippen molar-refractivity contribution in [1.29, 1.82) is 0 Å². The number of rotatable bonds is 6. The first-order valence-electron chi connectivity index (χ1n) is 7.21. The Morgan fingerprint density at radius 1 is 1.08 bits per heavy atom. The highest BCUT2D eigenvalue weighted by Gasteiger charge is 2.10. The molecule has 0 aliphatic heterocycles. The molecule has 3 rings (SSSR count). The molecule has 7 heteroatoms. The maximum absolute atomic E-state index is 5.29. The van der Waals surface area contributed by atoms with Gasteiger partial charge in [-0.2, -0.15) is 0 Å². The lowest BCUT2D eigenvalue weighted by atomic mass is 10.2. The second kappa shape index (κ2) is 7.72. The van der Waals surface area contributed by atoms with Crippen LogP contribution in [0.5, 0.6) is 11.5 Å². The summed E-state index contributed by atoms with van der Waals surface area (Å²) in [6.45, 7) is 0. The maximum Gasteiger partial charge on any atom is 0.209 e. The van der Waals surface area contributed by atoms with E-state index < -0.39 is 0 Å². The third-order valence-corrected chi connectivity index (χ3v) is 4.76. The molecule has 0 bridgehead atoms. The first-order valence-corrected chi connectivity index (χ1v) is 8.99. The number of methoxy groups -OCH3 is 2. The molecule has 0 spiro atoms. The molecule has 3 aromatic rings. The van der Waals surface area contributed by atoms with Crippen molar-refractivity contribution in [1.82, 2.24) is 15.2 Å². The van der Waals surface area contributed by atoms with Gasteiger partial charge in [0.05, 0.1) is 14.2 Å². The number of hydrogen-bond donors (Lipinski definition) is 1. The van der Waals surface area contributed by atoms with Gasteiger partial charge in [-0.25, -0.2) is 4.98 Å². The Morgan fingerprint density at radius 2 is 1.83 bits per heavy atom. The van der Waals surface area contributed by atoms with E-state index in [0.717, 1.165) is 15.8 Å². The summed E-state index contributed by atoms with van der Waals surface area (Å²) in [5, 5.41) is 7.95. The molecule has 1 heterocycles. The molecule has 24 heavy (non-hydrogen) atoms. The van der Waals surface area contributed by atoms with Gasteiger partial charge in [-0.1, -0.05) is 39.8 Å². The summed E-state index contributed by atoms with van der Waals surface area (Å²) in [5.41, 5.74) is 2.08. The van der Waals surface area contributed by atoms with E-state index in [0.29, 0.717) is 22.5 Å². The summed E-state index contributed by atoms with van der Waals surface area (Å²) in [6.07, 6.45) is 0. The van der Waals surface area contributed by atoms with Crippen LogP contribution in [-0.2, 0) is 5.75 Å². The zero-order valence-corrected chi connectivity index (χ0v) is 15.6. The van der Waals surface area contributed by atoms with Gasteiger partial charge >= 0.3 is 0 Å². The van der Waals surface area contributed by atoms with Gasteiger partial charge in [-0.15, -0.1) is 5.10 Å². The molecule has 0 unspecified atom stereocenters. The number of nitrogens with one attached hydrogen (secondary N) is 1. The van der Waals surface area contributed by atoms with Crippen LogP contribution in [0.2, 0.25) is 0 Å². The standard InChI is InChI=1S/C17H16BrN3O2S/c1-22-14-7-12(8-15(9-14)23-2)16-19-17(21-20-16)24-10-11-4-3-5-13(18)6-11/h3-9H,10H2,1-2H3,(H,19,20,21). The fourth-order valence-corrected chi connectivity index (χ4v) is 3.35. The van der Waals surface area contributed by atoms with Crippen molar-refractivity contribution >= 4 is 27.7 Å². The van der Waals surface area contributed by atoms with Crippen molar-refractivity contribution in [2.45, 2.75) is 10.9 Å². The lowest BCUT2D eigenvalue weighted by Crippen LogP contribution is -1.89. The summed E-state index contributed by atoms with van der Waals surface area (Å²) >= 11 is 5.06. The van der Waals surface area contributed by atoms with Gasteiger partial charge in [0.1, 0.15) is 11.5 Å². The van der Waals surface area contributed by atoms with Crippen molar-refractivity contribution in [3.63, 3.8) is 0 Å². The smallest absolute Gasteiger partial charge is 0.209 e. The van der Waals surface area contributed by atoms with Crippen LogP contribution in [0.15, 0.2) is 52.1 Å². The Morgan fingerprint density at radius 3 is 2.50 bits per heavy atom. The van der Waals surface area contributed by atoms with Crippen LogP contribution in [0.25, 0.3) is 11.4 Å². The lowest BCUT2D eigenvalue weighted by Gasteiger charge is -2.06. The SMILES string of the molecule is COc1cc(OC)cc(-c2nc(SCc3cccc(Br)c3)n[nH]2)c1. The molecule has 0 atom stereocenters. The fraction of sp³-hybridized carbons (Fsp3) is 0.176. The molecule has 5 nitrogen and oxygen atoms in total. The number of thioether (sulfide) groups is 1. The predicted octanol–water partition coefficient (Wildman–Crippen LogP) is 4.54. The van der Waals surface area contributed by atoms with E-state index in [4.69, 9.17) is 9.47 Å². The molecule has 0 amide bonds. The monoisotopic (exact) mass is 405 g/mol. The summed E-state index contributed by atoms with van der Waals surface area (Å²) in [4.78, 5) is 4.54. The Hall–Kier alpha value is -1.99. The minimum absolute atomic E-state index is 0.684. The van der Waals surface area contributed by atoms with Crippen molar-refractivity contribution < 1.29 is 9.47 Å². The van der Waals surface area contributed by atoms with E-state index in [-0.39, 0.29) is 0 Å². The summed E-state index contributed by atoms with van der Waals surface area (Å²) < 4.78 is 11.7. The highest BCUT2D eigenvalue weighted by Crippen LogP contribution is 2.29. The quantitative estimate of drug-likeness (QED) is 0.609. The first-order chi connectivity index (χ1) is 11.7. The Kier molecular flexibility index (Phi) is 5.42. The Balaban J connectivity index is 1.75. The average molecular weight is 406 g/mol. The number of hydrogen-bond acceptors (Lipinski definition) is 5. The molecule has 0 aliphatic carbocycles. The number of benzene rings is 2. The van der Waals surface area contributed by atoms with Gasteiger partial charge in [-0.3, -0.25) is 5.10 Å². The van der Waals surface area contributed by atoms with E-state index in [2.05, 4.69) is 43.2 Å². The normalized spacial score (nSPS) is 10.6. The zero-order chi connectivity index (χ0) is 16.9. The number of nitrogens with zero attached hydrogens (tertiary/aromatic N) is 2. The minimum Gasteiger partial charge on any atom is -0.497 e. The summed E-state index contributed by atoms with van der Waals surface area (Å²) in [7, 11) is 3.25. The van der Waals surface area contributed by atoms with Crippen LogP contribution < -0.4 is 9.47 Å². The largest absolute Gasteiger partial charge is 0.497 e. The molecule has 0 saturated heterocycles. The molecule has 0 fully saturated rings. The molecule has 124 valence electrons. The van der Waals surface area contributed by atoms with E-state index in [1.165, 1.54) is 5.56 Å². The number of aromatic amines is 1. The Bertz CT molecular complexity index is 816. The van der Waals surface area contributed by atoms with Gasteiger partial charge in [0.2, 0.25) is 5.16 Å². The molecular weight excluding hydrogens is 390 g/mol. The van der Waals surface area contributed by atoms with E-state index in [9.17, 15) is 0 Å². The van der Waals surface area contributed by atoms with Crippen LogP contribution >= 0.6 is 27.7 Å². The van der Waals surface area contributed by atoms with Crippen molar-refractivity contribution in [3.8, 4) is 22.9 Å². The van der Waals surface area contributed by atoms with Crippen LogP contribution in [0, 0.1) is 0 Å². The highest BCUT2D eigenvalue weighted by molar-refractivity contribution is 9.10. The number of ether oxygens (including phenoxy) is 2. The molecular formula is C17H16BrN3O2S.